The SMILES string of the molecule is CCCc1nc(Cl)c(C)c(NC2CCOC2C)n1. The smallest absolute Gasteiger partial charge is 0.137 e. The van der Waals surface area contributed by atoms with Crippen LogP contribution in [-0.2, 0) is 11.2 Å². The van der Waals surface area contributed by atoms with Crippen LogP contribution >= 0.6 is 11.6 Å². The molecule has 2 rings (SSSR count). The molecule has 2 unspecified atom stereocenters. The second-order valence-electron chi connectivity index (χ2n) is 4.77. The first kappa shape index (κ1) is 13.6. The zero-order valence-corrected chi connectivity index (χ0v) is 11.9. The first-order chi connectivity index (χ1) is 8.61. The van der Waals surface area contributed by atoms with E-state index in [4.69, 9.17) is 16.3 Å². The molecule has 1 aliphatic heterocycles. The fraction of sp³-hybridized carbons (Fsp3) is 0.692. The Kier molecular flexibility index (Phi) is 4.40. The van der Waals surface area contributed by atoms with E-state index < -0.39 is 0 Å². The molecule has 1 fully saturated rings. The van der Waals surface area contributed by atoms with Crippen molar-refractivity contribution in [1.29, 1.82) is 0 Å². The van der Waals surface area contributed by atoms with Gasteiger partial charge < -0.3 is 10.1 Å². The molecule has 18 heavy (non-hydrogen) atoms. The number of rotatable bonds is 4. The van der Waals surface area contributed by atoms with E-state index in [2.05, 4.69) is 29.1 Å². The maximum absolute atomic E-state index is 6.15. The van der Waals surface area contributed by atoms with E-state index in [1.807, 2.05) is 6.92 Å². The summed E-state index contributed by atoms with van der Waals surface area (Å²) in [6, 6.07) is 0.309. The molecule has 1 aromatic heterocycles. The van der Waals surface area contributed by atoms with Gasteiger partial charge in [0.05, 0.1) is 12.1 Å². The van der Waals surface area contributed by atoms with Crippen LogP contribution in [0.5, 0.6) is 0 Å². The van der Waals surface area contributed by atoms with Crippen LogP contribution < -0.4 is 5.32 Å². The number of hydrogen-bond donors (Lipinski definition) is 1. The third-order valence-corrected chi connectivity index (χ3v) is 3.67. The molecule has 0 saturated carbocycles. The molecule has 1 saturated heterocycles. The minimum absolute atomic E-state index is 0.216. The average molecular weight is 270 g/mol. The van der Waals surface area contributed by atoms with E-state index in [9.17, 15) is 0 Å². The number of aryl methyl sites for hydroxylation is 1. The van der Waals surface area contributed by atoms with Gasteiger partial charge in [0.2, 0.25) is 0 Å². The summed E-state index contributed by atoms with van der Waals surface area (Å²) in [5.74, 6) is 1.66. The molecule has 0 aliphatic carbocycles. The van der Waals surface area contributed by atoms with Crippen molar-refractivity contribution in [3.8, 4) is 0 Å². The summed E-state index contributed by atoms with van der Waals surface area (Å²) in [7, 11) is 0. The molecule has 2 heterocycles. The van der Waals surface area contributed by atoms with Crippen LogP contribution in [-0.4, -0.2) is 28.7 Å². The Morgan fingerprint density at radius 1 is 1.44 bits per heavy atom. The zero-order chi connectivity index (χ0) is 13.1. The molecule has 100 valence electrons. The van der Waals surface area contributed by atoms with Crippen molar-refractivity contribution >= 4 is 17.4 Å². The van der Waals surface area contributed by atoms with Gasteiger partial charge in [-0.15, -0.1) is 0 Å². The molecular formula is C13H20ClN3O. The van der Waals surface area contributed by atoms with Crippen molar-refractivity contribution in [2.45, 2.75) is 52.2 Å². The Morgan fingerprint density at radius 2 is 2.22 bits per heavy atom. The highest BCUT2D eigenvalue weighted by Gasteiger charge is 2.25. The zero-order valence-electron chi connectivity index (χ0n) is 11.2. The summed E-state index contributed by atoms with van der Waals surface area (Å²) in [5, 5.41) is 3.98. The molecule has 0 aromatic carbocycles. The van der Waals surface area contributed by atoms with Gasteiger partial charge in [-0.3, -0.25) is 0 Å². The van der Waals surface area contributed by atoms with Gasteiger partial charge in [-0.05, 0) is 26.7 Å². The Morgan fingerprint density at radius 3 is 2.83 bits per heavy atom. The number of ether oxygens (including phenoxy) is 1. The first-order valence-corrected chi connectivity index (χ1v) is 6.90. The second kappa shape index (κ2) is 5.85. The van der Waals surface area contributed by atoms with E-state index in [0.717, 1.165) is 43.1 Å². The van der Waals surface area contributed by atoms with E-state index >= 15 is 0 Å². The highest BCUT2D eigenvalue weighted by Crippen LogP contribution is 2.24. The van der Waals surface area contributed by atoms with Crippen molar-refractivity contribution in [2.75, 3.05) is 11.9 Å². The molecule has 0 amide bonds. The minimum atomic E-state index is 0.216. The topological polar surface area (TPSA) is 47.0 Å². The van der Waals surface area contributed by atoms with Crippen LogP contribution in [0.3, 0.4) is 0 Å². The van der Waals surface area contributed by atoms with Crippen LogP contribution in [0.1, 0.15) is 38.1 Å². The number of nitrogens with one attached hydrogen (secondary N) is 1. The third kappa shape index (κ3) is 2.93. The lowest BCUT2D eigenvalue weighted by Crippen LogP contribution is -2.28. The Labute approximate surface area is 113 Å². The van der Waals surface area contributed by atoms with Crippen molar-refractivity contribution < 1.29 is 4.74 Å². The van der Waals surface area contributed by atoms with Crippen LogP contribution in [0.25, 0.3) is 0 Å². The fourth-order valence-corrected chi connectivity index (χ4v) is 2.29. The molecule has 1 aromatic rings. The van der Waals surface area contributed by atoms with Crippen molar-refractivity contribution in [3.05, 3.63) is 16.5 Å². The molecule has 1 N–H and O–H groups in total. The van der Waals surface area contributed by atoms with Gasteiger partial charge in [-0.2, -0.15) is 0 Å². The molecule has 1 aliphatic rings. The average Bonchev–Trinajstić information content (AvgIpc) is 2.72. The van der Waals surface area contributed by atoms with Gasteiger partial charge >= 0.3 is 0 Å². The van der Waals surface area contributed by atoms with Gasteiger partial charge in [0.1, 0.15) is 16.8 Å². The fourth-order valence-electron chi connectivity index (χ4n) is 2.11. The number of nitrogens with zero attached hydrogens (tertiary/aromatic N) is 2. The number of halogens is 1. The molecule has 0 spiro atoms. The monoisotopic (exact) mass is 269 g/mol. The quantitative estimate of drug-likeness (QED) is 0.854. The van der Waals surface area contributed by atoms with E-state index in [0.29, 0.717) is 11.2 Å². The summed E-state index contributed by atoms with van der Waals surface area (Å²) < 4.78 is 5.55. The molecule has 4 nitrogen and oxygen atoms in total. The molecule has 2 atom stereocenters. The van der Waals surface area contributed by atoms with Crippen LogP contribution in [0.15, 0.2) is 0 Å². The summed E-state index contributed by atoms with van der Waals surface area (Å²) in [4.78, 5) is 8.86. The van der Waals surface area contributed by atoms with E-state index in [1.165, 1.54) is 0 Å². The van der Waals surface area contributed by atoms with Crippen molar-refractivity contribution in [3.63, 3.8) is 0 Å². The minimum Gasteiger partial charge on any atom is -0.376 e. The van der Waals surface area contributed by atoms with Crippen molar-refractivity contribution in [1.82, 2.24) is 9.97 Å². The van der Waals surface area contributed by atoms with Crippen LogP contribution in [0.2, 0.25) is 5.15 Å². The normalized spacial score (nSPS) is 23.3. The maximum Gasteiger partial charge on any atom is 0.137 e. The Bertz CT molecular complexity index is 425. The van der Waals surface area contributed by atoms with Gasteiger partial charge in [-0.25, -0.2) is 9.97 Å². The Balaban J connectivity index is 2.20. The molecule has 0 bridgehead atoms. The standard InChI is InChI=1S/C13H20ClN3O/c1-4-5-11-16-12(14)8(2)13(17-11)15-10-6-7-18-9(10)3/h9-10H,4-7H2,1-3H3,(H,15,16,17). The molecule has 5 heteroatoms. The molecule has 0 radical (unpaired) electrons. The van der Waals surface area contributed by atoms with Crippen LogP contribution in [0, 0.1) is 6.92 Å². The van der Waals surface area contributed by atoms with Crippen LogP contribution in [0.4, 0.5) is 5.82 Å². The van der Waals surface area contributed by atoms with Crippen molar-refractivity contribution in [2.24, 2.45) is 0 Å². The first-order valence-electron chi connectivity index (χ1n) is 6.53. The lowest BCUT2D eigenvalue weighted by molar-refractivity contribution is 0.121. The Hall–Kier alpha value is -0.870. The number of anilines is 1. The molecular weight excluding hydrogens is 250 g/mol. The number of aromatic nitrogens is 2. The summed E-state index contributed by atoms with van der Waals surface area (Å²) in [5.41, 5.74) is 0.913. The largest absolute Gasteiger partial charge is 0.376 e. The highest BCUT2D eigenvalue weighted by molar-refractivity contribution is 6.30. The van der Waals surface area contributed by atoms with Gasteiger partial charge in [-0.1, -0.05) is 18.5 Å². The highest BCUT2D eigenvalue weighted by atomic mass is 35.5. The summed E-state index contributed by atoms with van der Waals surface area (Å²) in [6.45, 7) is 6.94. The summed E-state index contributed by atoms with van der Waals surface area (Å²) >= 11 is 6.15. The summed E-state index contributed by atoms with van der Waals surface area (Å²) in [6.07, 6.45) is 3.09. The third-order valence-electron chi connectivity index (χ3n) is 3.30. The van der Waals surface area contributed by atoms with Gasteiger partial charge in [0.25, 0.3) is 0 Å². The van der Waals surface area contributed by atoms with Gasteiger partial charge in [0, 0.05) is 18.6 Å². The predicted molar refractivity (Wildman–Crippen MR) is 73.2 cm³/mol. The van der Waals surface area contributed by atoms with Gasteiger partial charge in [0.15, 0.2) is 0 Å². The second-order valence-corrected chi connectivity index (χ2v) is 5.13. The van der Waals surface area contributed by atoms with E-state index in [1.54, 1.807) is 0 Å². The van der Waals surface area contributed by atoms with E-state index in [-0.39, 0.29) is 6.10 Å². The lowest BCUT2D eigenvalue weighted by atomic mass is 10.1. The maximum atomic E-state index is 6.15. The predicted octanol–water partition coefficient (Wildman–Crippen LogP) is 2.98. The number of hydrogen-bond acceptors (Lipinski definition) is 4. The lowest BCUT2D eigenvalue weighted by Gasteiger charge is -2.19.